The Bertz CT molecular complexity index is 627. The first-order valence-corrected chi connectivity index (χ1v) is 5.31. The number of benzene rings is 1. The van der Waals surface area contributed by atoms with E-state index in [1.54, 1.807) is 13.3 Å². The molecule has 0 unspecified atom stereocenters. The highest BCUT2D eigenvalue weighted by Crippen LogP contribution is 2.28. The Kier molecular flexibility index (Phi) is 2.26. The summed E-state index contributed by atoms with van der Waals surface area (Å²) in [5, 5.41) is 0. The molecule has 84 valence electrons. The third-order valence-electron chi connectivity index (χ3n) is 2.62. The van der Waals surface area contributed by atoms with Crippen molar-refractivity contribution in [1.82, 2.24) is 14.4 Å². The predicted molar refractivity (Wildman–Crippen MR) is 65.0 cm³/mol. The van der Waals surface area contributed by atoms with Crippen molar-refractivity contribution in [3.63, 3.8) is 0 Å². The first-order valence-electron chi connectivity index (χ1n) is 5.31. The highest BCUT2D eigenvalue weighted by molar-refractivity contribution is 5.68. The summed E-state index contributed by atoms with van der Waals surface area (Å²) in [4.78, 5) is 8.66. The largest absolute Gasteiger partial charge is 0.496 e. The van der Waals surface area contributed by atoms with Gasteiger partial charge in [-0.15, -0.1) is 0 Å². The van der Waals surface area contributed by atoms with Crippen molar-refractivity contribution >= 4 is 5.78 Å². The summed E-state index contributed by atoms with van der Waals surface area (Å²) in [7, 11) is 1.66. The van der Waals surface area contributed by atoms with Crippen molar-refractivity contribution in [2.45, 2.75) is 0 Å². The first-order chi connectivity index (χ1) is 8.38. The van der Waals surface area contributed by atoms with E-state index in [9.17, 15) is 0 Å². The molecule has 0 aliphatic carbocycles. The van der Waals surface area contributed by atoms with Crippen LogP contribution in [0.2, 0.25) is 0 Å². The fourth-order valence-electron chi connectivity index (χ4n) is 1.82. The molecule has 2 heterocycles. The fraction of sp³-hybridized carbons (Fsp3) is 0.0769. The van der Waals surface area contributed by atoms with Gasteiger partial charge in [0.2, 0.25) is 5.78 Å². The third-order valence-corrected chi connectivity index (χ3v) is 2.62. The molecule has 2 aromatic heterocycles. The van der Waals surface area contributed by atoms with Crippen molar-refractivity contribution in [1.29, 1.82) is 0 Å². The molecule has 4 nitrogen and oxygen atoms in total. The molecule has 0 amide bonds. The molecule has 0 bridgehead atoms. The second-order valence-electron chi connectivity index (χ2n) is 3.65. The summed E-state index contributed by atoms with van der Waals surface area (Å²) in [6.07, 6.45) is 5.60. The Hall–Kier alpha value is -2.36. The second kappa shape index (κ2) is 3.90. The topological polar surface area (TPSA) is 39.4 Å². The Morgan fingerprint density at radius 3 is 2.88 bits per heavy atom. The standard InChI is InChI=1S/C13H11N3O/c1-17-12-6-3-2-5-10(12)11-9-16-8-4-7-14-13(16)15-11/h2-9H,1H3. The average molecular weight is 225 g/mol. The van der Waals surface area contributed by atoms with Gasteiger partial charge in [-0.25, -0.2) is 9.97 Å². The lowest BCUT2D eigenvalue weighted by Gasteiger charge is -2.04. The van der Waals surface area contributed by atoms with Crippen molar-refractivity contribution in [2.24, 2.45) is 0 Å². The lowest BCUT2D eigenvalue weighted by Crippen LogP contribution is -1.87. The van der Waals surface area contributed by atoms with Crippen LogP contribution in [0.3, 0.4) is 0 Å². The molecule has 3 rings (SSSR count). The summed E-state index contributed by atoms with van der Waals surface area (Å²) in [6.45, 7) is 0. The van der Waals surface area contributed by atoms with Crippen LogP contribution < -0.4 is 4.74 Å². The van der Waals surface area contributed by atoms with Crippen LogP contribution >= 0.6 is 0 Å². The number of hydrogen-bond acceptors (Lipinski definition) is 3. The minimum absolute atomic E-state index is 0.688. The molecule has 0 aliphatic rings. The van der Waals surface area contributed by atoms with Gasteiger partial charge in [0.1, 0.15) is 5.75 Å². The van der Waals surface area contributed by atoms with Crippen LogP contribution in [0, 0.1) is 0 Å². The molecular weight excluding hydrogens is 214 g/mol. The van der Waals surface area contributed by atoms with Gasteiger partial charge < -0.3 is 4.74 Å². The summed E-state index contributed by atoms with van der Waals surface area (Å²) in [5.41, 5.74) is 1.83. The number of ether oxygens (including phenoxy) is 1. The van der Waals surface area contributed by atoms with Gasteiger partial charge in [0.25, 0.3) is 0 Å². The normalized spacial score (nSPS) is 10.6. The SMILES string of the molecule is COc1ccccc1-c1cn2cccnc2n1. The minimum Gasteiger partial charge on any atom is -0.496 e. The van der Waals surface area contributed by atoms with Crippen molar-refractivity contribution < 1.29 is 4.74 Å². The van der Waals surface area contributed by atoms with Crippen LogP contribution in [-0.2, 0) is 0 Å². The molecule has 3 aromatic rings. The Balaban J connectivity index is 2.20. The Labute approximate surface area is 98.5 Å². The molecule has 0 aliphatic heterocycles. The number of nitrogens with zero attached hydrogens (tertiary/aromatic N) is 3. The van der Waals surface area contributed by atoms with E-state index in [2.05, 4.69) is 9.97 Å². The van der Waals surface area contributed by atoms with E-state index in [0.29, 0.717) is 5.78 Å². The van der Waals surface area contributed by atoms with Gasteiger partial charge in [0, 0.05) is 24.2 Å². The molecule has 17 heavy (non-hydrogen) atoms. The summed E-state index contributed by atoms with van der Waals surface area (Å²) in [6, 6.07) is 9.69. The molecule has 0 N–H and O–H groups in total. The highest BCUT2D eigenvalue weighted by Gasteiger charge is 2.09. The van der Waals surface area contributed by atoms with Gasteiger partial charge in [0.15, 0.2) is 0 Å². The van der Waals surface area contributed by atoms with Gasteiger partial charge in [-0.2, -0.15) is 0 Å². The summed E-state index contributed by atoms with van der Waals surface area (Å²) >= 11 is 0. The number of hydrogen-bond donors (Lipinski definition) is 0. The summed E-state index contributed by atoms with van der Waals surface area (Å²) in [5.74, 6) is 1.50. The number of para-hydroxylation sites is 1. The van der Waals surface area contributed by atoms with Crippen LogP contribution in [0.15, 0.2) is 48.9 Å². The van der Waals surface area contributed by atoms with E-state index in [4.69, 9.17) is 4.74 Å². The van der Waals surface area contributed by atoms with Gasteiger partial charge >= 0.3 is 0 Å². The third kappa shape index (κ3) is 1.63. The molecule has 0 fully saturated rings. The smallest absolute Gasteiger partial charge is 0.234 e. The molecule has 0 atom stereocenters. The minimum atomic E-state index is 0.688. The first kappa shape index (κ1) is 9.84. The highest BCUT2D eigenvalue weighted by atomic mass is 16.5. The van der Waals surface area contributed by atoms with Gasteiger partial charge in [-0.05, 0) is 18.2 Å². The van der Waals surface area contributed by atoms with Crippen molar-refractivity contribution in [2.75, 3.05) is 7.11 Å². The average Bonchev–Trinajstić information content (AvgIpc) is 2.82. The maximum atomic E-state index is 5.33. The molecule has 1 aromatic carbocycles. The van der Waals surface area contributed by atoms with Crippen molar-refractivity contribution in [3.8, 4) is 17.0 Å². The van der Waals surface area contributed by atoms with E-state index in [0.717, 1.165) is 17.0 Å². The van der Waals surface area contributed by atoms with Gasteiger partial charge in [0.05, 0.1) is 12.8 Å². The molecule has 0 saturated heterocycles. The zero-order chi connectivity index (χ0) is 11.7. The quantitative estimate of drug-likeness (QED) is 0.672. The van der Waals surface area contributed by atoms with E-state index in [1.807, 2.05) is 47.1 Å². The molecule has 0 saturated carbocycles. The number of imidazole rings is 1. The molecule has 0 spiro atoms. The molecular formula is C13H11N3O. The van der Waals surface area contributed by atoms with Crippen LogP contribution in [0.5, 0.6) is 5.75 Å². The van der Waals surface area contributed by atoms with Crippen LogP contribution in [0.4, 0.5) is 0 Å². The van der Waals surface area contributed by atoms with Crippen molar-refractivity contribution in [3.05, 3.63) is 48.9 Å². The van der Waals surface area contributed by atoms with Gasteiger partial charge in [-0.1, -0.05) is 12.1 Å². The maximum absolute atomic E-state index is 5.33. The number of rotatable bonds is 2. The van der Waals surface area contributed by atoms with E-state index < -0.39 is 0 Å². The number of aromatic nitrogens is 3. The second-order valence-corrected chi connectivity index (χ2v) is 3.65. The zero-order valence-electron chi connectivity index (χ0n) is 9.37. The molecule has 0 radical (unpaired) electrons. The Morgan fingerprint density at radius 1 is 1.18 bits per heavy atom. The zero-order valence-corrected chi connectivity index (χ0v) is 9.37. The summed E-state index contributed by atoms with van der Waals surface area (Å²) < 4.78 is 7.22. The number of fused-ring (bicyclic) bond motifs is 1. The van der Waals surface area contributed by atoms with Crippen LogP contribution in [-0.4, -0.2) is 21.5 Å². The van der Waals surface area contributed by atoms with E-state index in [1.165, 1.54) is 0 Å². The monoisotopic (exact) mass is 225 g/mol. The number of methoxy groups -OCH3 is 1. The lowest BCUT2D eigenvalue weighted by atomic mass is 10.1. The lowest BCUT2D eigenvalue weighted by molar-refractivity contribution is 0.416. The van der Waals surface area contributed by atoms with E-state index in [-0.39, 0.29) is 0 Å². The fourth-order valence-corrected chi connectivity index (χ4v) is 1.82. The molecule has 4 heteroatoms. The van der Waals surface area contributed by atoms with Gasteiger partial charge in [-0.3, -0.25) is 4.40 Å². The van der Waals surface area contributed by atoms with Crippen LogP contribution in [0.1, 0.15) is 0 Å². The maximum Gasteiger partial charge on any atom is 0.234 e. The van der Waals surface area contributed by atoms with E-state index >= 15 is 0 Å². The Morgan fingerprint density at radius 2 is 2.06 bits per heavy atom. The predicted octanol–water partition coefficient (Wildman–Crippen LogP) is 2.40. The van der Waals surface area contributed by atoms with Crippen LogP contribution in [0.25, 0.3) is 17.0 Å².